The Hall–Kier alpha value is -1.35. The highest BCUT2D eigenvalue weighted by Crippen LogP contribution is 2.34. The number of alkyl halides is 1. The van der Waals surface area contributed by atoms with Gasteiger partial charge in [-0.3, -0.25) is 4.99 Å². The lowest BCUT2D eigenvalue weighted by Gasteiger charge is -2.31. The third-order valence-electron chi connectivity index (χ3n) is 3.08. The summed E-state index contributed by atoms with van der Waals surface area (Å²) in [6.07, 6.45) is 1.93. The van der Waals surface area contributed by atoms with Crippen molar-refractivity contribution >= 4 is 40.2 Å². The van der Waals surface area contributed by atoms with Gasteiger partial charge in [-0.25, -0.2) is 0 Å². The molecule has 0 saturated heterocycles. The van der Waals surface area contributed by atoms with Gasteiger partial charge in [0.2, 0.25) is 0 Å². The predicted molar refractivity (Wildman–Crippen MR) is 77.5 cm³/mol. The van der Waals surface area contributed by atoms with E-state index in [4.69, 9.17) is 0 Å². The van der Waals surface area contributed by atoms with Gasteiger partial charge >= 0.3 is 0 Å². The smallest absolute Gasteiger partial charge is 0.146 e. The Morgan fingerprint density at radius 2 is 2.29 bits per heavy atom. The number of para-hydroxylation sites is 1. The van der Waals surface area contributed by atoms with E-state index in [9.17, 15) is 5.26 Å². The van der Waals surface area contributed by atoms with Crippen molar-refractivity contribution < 1.29 is 0 Å². The predicted octanol–water partition coefficient (Wildman–Crippen LogP) is 2.63. The number of hydrogen-bond acceptors (Lipinski definition) is 3. The fraction of sp³-hybridized carbons (Fsp3) is 0.231. The summed E-state index contributed by atoms with van der Waals surface area (Å²) < 4.78 is 1.01. The normalized spacial score (nSPS) is 21.2. The second-order valence-electron chi connectivity index (χ2n) is 4.07. The van der Waals surface area contributed by atoms with E-state index in [1.165, 1.54) is 5.69 Å². The van der Waals surface area contributed by atoms with Crippen molar-refractivity contribution in [3.05, 3.63) is 35.4 Å². The van der Waals surface area contributed by atoms with Crippen LogP contribution in [0.5, 0.6) is 0 Å². The molecule has 0 aromatic heterocycles. The molecule has 2 aliphatic heterocycles. The molecule has 0 fully saturated rings. The summed E-state index contributed by atoms with van der Waals surface area (Å²) in [5.74, 6) is 0.841. The highest BCUT2D eigenvalue weighted by molar-refractivity contribution is 14.1. The first kappa shape index (κ1) is 10.8. The first-order valence-electron chi connectivity index (χ1n) is 5.46. The summed E-state index contributed by atoms with van der Waals surface area (Å²) in [7, 11) is 0. The molecule has 0 radical (unpaired) electrons. The minimum absolute atomic E-state index is 0.379. The van der Waals surface area contributed by atoms with Crippen LogP contribution in [0.25, 0.3) is 6.08 Å². The van der Waals surface area contributed by atoms with Gasteiger partial charge in [0, 0.05) is 4.43 Å². The Balaban J connectivity index is 2.19. The molecule has 0 saturated carbocycles. The number of benzene rings is 1. The summed E-state index contributed by atoms with van der Waals surface area (Å²) in [5.41, 5.74) is 2.96. The number of rotatable bonds is 1. The maximum Gasteiger partial charge on any atom is 0.146 e. The largest absolute Gasteiger partial charge is 0.319 e. The van der Waals surface area contributed by atoms with E-state index in [0.717, 1.165) is 22.4 Å². The highest BCUT2D eigenvalue weighted by atomic mass is 127. The summed E-state index contributed by atoms with van der Waals surface area (Å²) in [6, 6.07) is 10.8. The van der Waals surface area contributed by atoms with Gasteiger partial charge in [-0.2, -0.15) is 5.26 Å². The van der Waals surface area contributed by atoms with Crippen LogP contribution in [0.1, 0.15) is 5.56 Å². The van der Waals surface area contributed by atoms with Gasteiger partial charge in [-0.15, -0.1) is 0 Å². The molecule has 0 spiro atoms. The summed E-state index contributed by atoms with van der Waals surface area (Å²) in [6.45, 7) is 0.783. The standard InChI is InChI=1S/C13H10IN3/c14-6-11-8-16-13-10(7-15)5-9-3-1-2-4-12(9)17(11)13/h1-5,11H,6,8H2. The van der Waals surface area contributed by atoms with E-state index in [1.54, 1.807) is 0 Å². The van der Waals surface area contributed by atoms with Gasteiger partial charge in [0.05, 0.1) is 23.8 Å². The molecule has 0 amide bonds. The van der Waals surface area contributed by atoms with Crippen molar-refractivity contribution in [1.29, 1.82) is 5.26 Å². The molecule has 1 atom stereocenters. The fourth-order valence-electron chi connectivity index (χ4n) is 2.30. The molecule has 2 heterocycles. The second-order valence-corrected chi connectivity index (χ2v) is 4.95. The fourth-order valence-corrected chi connectivity index (χ4v) is 2.97. The van der Waals surface area contributed by atoms with Crippen LogP contribution in [0, 0.1) is 11.3 Å². The van der Waals surface area contributed by atoms with Gasteiger partial charge in [-0.05, 0) is 17.7 Å². The maximum absolute atomic E-state index is 9.19. The lowest BCUT2D eigenvalue weighted by Crippen LogP contribution is -2.40. The zero-order valence-corrected chi connectivity index (χ0v) is 11.3. The zero-order valence-electron chi connectivity index (χ0n) is 9.10. The molecule has 3 rings (SSSR count). The van der Waals surface area contributed by atoms with E-state index in [0.29, 0.717) is 11.6 Å². The lowest BCUT2D eigenvalue weighted by molar-refractivity contribution is 0.805. The van der Waals surface area contributed by atoms with E-state index in [-0.39, 0.29) is 0 Å². The molecule has 84 valence electrons. The average molecular weight is 335 g/mol. The number of fused-ring (bicyclic) bond motifs is 3. The molecule has 1 aromatic carbocycles. The third-order valence-corrected chi connectivity index (χ3v) is 4.10. The Morgan fingerprint density at radius 1 is 1.47 bits per heavy atom. The average Bonchev–Trinajstić information content (AvgIpc) is 2.82. The minimum Gasteiger partial charge on any atom is -0.319 e. The van der Waals surface area contributed by atoms with Crippen molar-refractivity contribution in [2.24, 2.45) is 4.99 Å². The van der Waals surface area contributed by atoms with Crippen LogP contribution in [0.4, 0.5) is 5.69 Å². The molecule has 0 N–H and O–H groups in total. The molecule has 0 bridgehead atoms. The van der Waals surface area contributed by atoms with Crippen LogP contribution in [-0.4, -0.2) is 22.8 Å². The number of nitriles is 1. The van der Waals surface area contributed by atoms with Crippen LogP contribution in [0.3, 0.4) is 0 Å². The van der Waals surface area contributed by atoms with Crippen LogP contribution >= 0.6 is 22.6 Å². The molecule has 1 unspecified atom stereocenters. The number of nitrogens with zero attached hydrogens (tertiary/aromatic N) is 3. The summed E-state index contributed by atoms with van der Waals surface area (Å²) in [4.78, 5) is 6.72. The Morgan fingerprint density at radius 3 is 3.06 bits per heavy atom. The molecule has 0 aliphatic carbocycles. The number of amidine groups is 1. The van der Waals surface area contributed by atoms with Crippen molar-refractivity contribution in [2.75, 3.05) is 15.9 Å². The highest BCUT2D eigenvalue weighted by Gasteiger charge is 2.33. The van der Waals surface area contributed by atoms with E-state index < -0.39 is 0 Å². The van der Waals surface area contributed by atoms with Crippen LogP contribution < -0.4 is 4.90 Å². The number of halogens is 1. The van der Waals surface area contributed by atoms with Crippen LogP contribution in [0.2, 0.25) is 0 Å². The number of aliphatic imine (C=N–C) groups is 1. The maximum atomic E-state index is 9.19. The van der Waals surface area contributed by atoms with Crippen molar-refractivity contribution in [1.82, 2.24) is 0 Å². The molecular weight excluding hydrogens is 325 g/mol. The van der Waals surface area contributed by atoms with E-state index in [2.05, 4.69) is 44.6 Å². The Bertz CT molecular complexity index is 568. The molecule has 3 nitrogen and oxygen atoms in total. The Labute approximate surface area is 114 Å². The van der Waals surface area contributed by atoms with Gasteiger partial charge in [0.25, 0.3) is 0 Å². The van der Waals surface area contributed by atoms with Crippen LogP contribution in [0.15, 0.2) is 34.8 Å². The van der Waals surface area contributed by atoms with E-state index >= 15 is 0 Å². The molecular formula is C13H10IN3. The molecule has 2 aliphatic rings. The monoisotopic (exact) mass is 335 g/mol. The van der Waals surface area contributed by atoms with Gasteiger partial charge in [0.15, 0.2) is 0 Å². The zero-order chi connectivity index (χ0) is 11.8. The lowest BCUT2D eigenvalue weighted by atomic mass is 10.0. The Kier molecular flexibility index (Phi) is 2.63. The van der Waals surface area contributed by atoms with Gasteiger partial charge in [0.1, 0.15) is 11.9 Å². The van der Waals surface area contributed by atoms with Crippen molar-refractivity contribution in [3.8, 4) is 6.07 Å². The third kappa shape index (κ3) is 1.57. The molecule has 4 heteroatoms. The van der Waals surface area contributed by atoms with Gasteiger partial charge < -0.3 is 4.90 Å². The van der Waals surface area contributed by atoms with E-state index in [1.807, 2.05) is 24.3 Å². The topological polar surface area (TPSA) is 39.4 Å². The SMILES string of the molecule is N#CC1=Cc2ccccc2N2C1=NCC2CI. The first-order valence-corrected chi connectivity index (χ1v) is 6.98. The summed E-state index contributed by atoms with van der Waals surface area (Å²) >= 11 is 2.38. The van der Waals surface area contributed by atoms with Gasteiger partial charge in [-0.1, -0.05) is 40.8 Å². The van der Waals surface area contributed by atoms with Crippen LogP contribution in [-0.2, 0) is 0 Å². The first-order chi connectivity index (χ1) is 8.35. The van der Waals surface area contributed by atoms with Crippen molar-refractivity contribution in [2.45, 2.75) is 6.04 Å². The quantitative estimate of drug-likeness (QED) is 0.585. The minimum atomic E-state index is 0.379. The number of anilines is 1. The summed E-state index contributed by atoms with van der Waals surface area (Å²) in [5, 5.41) is 9.19. The molecule has 17 heavy (non-hydrogen) atoms. The second kappa shape index (κ2) is 4.15. The number of hydrogen-bond donors (Lipinski definition) is 0. The molecule has 1 aromatic rings. The van der Waals surface area contributed by atoms with Crippen molar-refractivity contribution in [3.63, 3.8) is 0 Å².